The second-order valence-electron chi connectivity index (χ2n) is 11.6. The summed E-state index contributed by atoms with van der Waals surface area (Å²) < 4.78 is 38.1. The number of hydrogen-bond donors (Lipinski definition) is 1. The van der Waals surface area contributed by atoms with Gasteiger partial charge in [0.25, 0.3) is 15.9 Å². The fourth-order valence-electron chi connectivity index (χ4n) is 7.56. The van der Waals surface area contributed by atoms with Crippen molar-refractivity contribution in [2.45, 2.75) is 42.9 Å². The highest BCUT2D eigenvalue weighted by Gasteiger charge is 2.48. The smallest absolute Gasteiger partial charge is 0.264 e. The number of nitrogens with one attached hydrogen (secondary N) is 1. The molecule has 0 heterocycles. The Kier molecular flexibility index (Phi) is 6.98. The third-order valence-electron chi connectivity index (χ3n) is 9.29. The third kappa shape index (κ3) is 4.83. The molecule has 0 aromatic heterocycles. The number of rotatable bonds is 8. The zero-order chi connectivity index (χ0) is 28.0. The van der Waals surface area contributed by atoms with Crippen LogP contribution >= 0.6 is 0 Å². The van der Waals surface area contributed by atoms with E-state index in [4.69, 9.17) is 9.47 Å². The fraction of sp³-hybridized carbons (Fsp3) is 0.406. The van der Waals surface area contributed by atoms with Gasteiger partial charge >= 0.3 is 0 Å². The second kappa shape index (κ2) is 10.5. The number of nitrogens with zero attached hydrogens (tertiary/aromatic N) is 1. The minimum absolute atomic E-state index is 0.0755. The maximum absolute atomic E-state index is 13.2. The van der Waals surface area contributed by atoms with Crippen molar-refractivity contribution < 1.29 is 22.7 Å². The molecular weight excluding hydrogens is 524 g/mol. The van der Waals surface area contributed by atoms with Crippen molar-refractivity contribution in [2.75, 3.05) is 30.9 Å². The third-order valence-corrected chi connectivity index (χ3v) is 11.1. The summed E-state index contributed by atoms with van der Waals surface area (Å²) in [5, 5.41) is 2.98. The Hall–Kier alpha value is -3.52. The van der Waals surface area contributed by atoms with Gasteiger partial charge < -0.3 is 14.8 Å². The molecule has 0 spiro atoms. The molecule has 40 heavy (non-hydrogen) atoms. The average molecular weight is 561 g/mol. The van der Waals surface area contributed by atoms with Crippen molar-refractivity contribution in [1.29, 1.82) is 0 Å². The molecule has 7 rings (SSSR count). The van der Waals surface area contributed by atoms with E-state index in [1.54, 1.807) is 30.3 Å². The molecule has 7 nitrogen and oxygen atoms in total. The summed E-state index contributed by atoms with van der Waals surface area (Å²) in [4.78, 5) is 13.0. The zero-order valence-electron chi connectivity index (χ0n) is 23.2. The van der Waals surface area contributed by atoms with Crippen LogP contribution in [0.25, 0.3) is 0 Å². The van der Waals surface area contributed by atoms with Gasteiger partial charge in [-0.15, -0.1) is 0 Å². The molecule has 1 amide bonds. The van der Waals surface area contributed by atoms with E-state index in [0.717, 1.165) is 29.4 Å². The lowest BCUT2D eigenvalue weighted by Gasteiger charge is -2.54. The van der Waals surface area contributed by atoms with Gasteiger partial charge in [-0.1, -0.05) is 12.1 Å². The lowest BCUT2D eigenvalue weighted by atomic mass is 9.51. The molecule has 0 unspecified atom stereocenters. The summed E-state index contributed by atoms with van der Waals surface area (Å²) >= 11 is 0. The van der Waals surface area contributed by atoms with Crippen molar-refractivity contribution in [3.63, 3.8) is 0 Å². The molecule has 0 radical (unpaired) electrons. The van der Waals surface area contributed by atoms with E-state index in [2.05, 4.69) is 17.4 Å². The molecule has 4 fully saturated rings. The average Bonchev–Trinajstić information content (AvgIpc) is 2.96. The quantitative estimate of drug-likeness (QED) is 0.349. The van der Waals surface area contributed by atoms with Crippen molar-refractivity contribution in [3.05, 3.63) is 77.9 Å². The number of anilines is 2. The summed E-state index contributed by atoms with van der Waals surface area (Å²) in [5.41, 5.74) is 3.06. The molecule has 3 aromatic carbocycles. The first-order valence-electron chi connectivity index (χ1n) is 14.0. The first kappa shape index (κ1) is 26.7. The first-order valence-corrected chi connectivity index (χ1v) is 15.4. The predicted octanol–water partition coefficient (Wildman–Crippen LogP) is 6.32. The van der Waals surface area contributed by atoms with Crippen molar-refractivity contribution in [3.8, 4) is 11.5 Å². The van der Waals surface area contributed by atoms with Crippen molar-refractivity contribution >= 4 is 27.3 Å². The van der Waals surface area contributed by atoms with Gasteiger partial charge in [-0.2, -0.15) is 0 Å². The minimum atomic E-state index is -3.85. The van der Waals surface area contributed by atoms with E-state index >= 15 is 0 Å². The van der Waals surface area contributed by atoms with E-state index in [1.807, 2.05) is 12.1 Å². The Morgan fingerprint density at radius 2 is 1.40 bits per heavy atom. The molecule has 4 aliphatic carbocycles. The number of ether oxygens (including phenoxy) is 2. The molecule has 4 saturated carbocycles. The van der Waals surface area contributed by atoms with Crippen LogP contribution in [0, 0.1) is 23.7 Å². The lowest BCUT2D eigenvalue weighted by molar-refractivity contribution is -0.00277. The van der Waals surface area contributed by atoms with Gasteiger partial charge in [-0.05, 0) is 116 Å². The Morgan fingerprint density at radius 1 is 0.800 bits per heavy atom. The van der Waals surface area contributed by atoms with Gasteiger partial charge in [-0.25, -0.2) is 8.42 Å². The summed E-state index contributed by atoms with van der Waals surface area (Å²) in [6, 6.07) is 19.4. The number of carbonyl (C=O) groups excluding carboxylic acids is 1. The highest BCUT2D eigenvalue weighted by Crippen LogP contribution is 2.59. The summed E-state index contributed by atoms with van der Waals surface area (Å²) in [6.07, 6.45) is 7.00. The fourth-order valence-corrected chi connectivity index (χ4v) is 8.77. The first-order chi connectivity index (χ1) is 19.3. The van der Waals surface area contributed by atoms with E-state index in [0.29, 0.717) is 28.7 Å². The molecule has 8 heteroatoms. The predicted molar refractivity (Wildman–Crippen MR) is 156 cm³/mol. The van der Waals surface area contributed by atoms with Crippen LogP contribution in [-0.4, -0.2) is 35.6 Å². The van der Waals surface area contributed by atoms with Crippen LogP contribution in [0.1, 0.15) is 53.9 Å². The van der Waals surface area contributed by atoms with Crippen LogP contribution in [0.2, 0.25) is 0 Å². The molecule has 1 N–H and O–H groups in total. The number of sulfonamides is 1. The standard InChI is InChI=1S/C32H36N2O5S/c1-34(40(36,37)28-12-13-29(38-2)30(19-28)39-3)27-10-6-23(7-11-27)32(35)33-26-8-4-22(5-9-26)31-24-15-20-14-21(17-24)18-25(31)16-20/h4-13,19-21,24-25,31H,14-18H2,1-3H3,(H,33,35). The van der Waals surface area contributed by atoms with Crippen molar-refractivity contribution in [2.24, 2.45) is 23.7 Å². The number of carbonyl (C=O) groups is 1. The Bertz CT molecular complexity index is 1470. The summed E-state index contributed by atoms with van der Waals surface area (Å²) in [6.45, 7) is 0. The van der Waals surface area contributed by atoms with E-state index in [1.165, 1.54) is 75.4 Å². The number of amides is 1. The zero-order valence-corrected chi connectivity index (χ0v) is 24.0. The van der Waals surface area contributed by atoms with Crippen LogP contribution in [0.15, 0.2) is 71.6 Å². The Balaban J connectivity index is 1.12. The van der Waals surface area contributed by atoms with Gasteiger partial charge in [0.2, 0.25) is 0 Å². The van der Waals surface area contributed by atoms with E-state index < -0.39 is 10.0 Å². The van der Waals surface area contributed by atoms with Gasteiger partial charge in [0, 0.05) is 24.4 Å². The largest absolute Gasteiger partial charge is 0.493 e. The molecular formula is C32H36N2O5S. The maximum Gasteiger partial charge on any atom is 0.264 e. The summed E-state index contributed by atoms with van der Waals surface area (Å²) in [7, 11) is 0.576. The number of methoxy groups -OCH3 is 2. The van der Waals surface area contributed by atoms with E-state index in [-0.39, 0.29) is 10.8 Å². The topological polar surface area (TPSA) is 84.9 Å². The van der Waals surface area contributed by atoms with Gasteiger partial charge in [0.15, 0.2) is 11.5 Å². The van der Waals surface area contributed by atoms with E-state index in [9.17, 15) is 13.2 Å². The SMILES string of the molecule is COc1ccc(S(=O)(=O)N(C)c2ccc(C(=O)Nc3ccc(C4C5CC6CC(C5)CC4C6)cc3)cc2)cc1OC. The van der Waals surface area contributed by atoms with Crippen LogP contribution in [0.4, 0.5) is 11.4 Å². The number of hydrogen-bond acceptors (Lipinski definition) is 5. The molecule has 4 aliphatic rings. The van der Waals surface area contributed by atoms with Gasteiger partial charge in [0.05, 0.1) is 24.8 Å². The summed E-state index contributed by atoms with van der Waals surface area (Å²) in [5.74, 6) is 4.76. The number of benzene rings is 3. The molecule has 0 saturated heterocycles. The highest BCUT2D eigenvalue weighted by molar-refractivity contribution is 7.92. The monoisotopic (exact) mass is 560 g/mol. The minimum Gasteiger partial charge on any atom is -0.493 e. The van der Waals surface area contributed by atoms with Crippen LogP contribution in [0.5, 0.6) is 11.5 Å². The van der Waals surface area contributed by atoms with Crippen LogP contribution < -0.4 is 19.1 Å². The van der Waals surface area contributed by atoms with Gasteiger partial charge in [0.1, 0.15) is 0 Å². The van der Waals surface area contributed by atoms with Crippen LogP contribution in [0.3, 0.4) is 0 Å². The Morgan fingerprint density at radius 3 is 1.98 bits per heavy atom. The molecule has 210 valence electrons. The molecule has 0 atom stereocenters. The van der Waals surface area contributed by atoms with Crippen molar-refractivity contribution in [1.82, 2.24) is 0 Å². The molecule has 4 bridgehead atoms. The highest BCUT2D eigenvalue weighted by atomic mass is 32.2. The maximum atomic E-state index is 13.2. The Labute approximate surface area is 236 Å². The lowest BCUT2D eigenvalue weighted by Crippen LogP contribution is -2.43. The molecule has 0 aliphatic heterocycles. The second-order valence-corrected chi connectivity index (χ2v) is 13.5. The molecule has 3 aromatic rings. The van der Waals surface area contributed by atoms with Gasteiger partial charge in [-0.3, -0.25) is 9.10 Å². The normalized spacial score (nSPS) is 24.9. The van der Waals surface area contributed by atoms with Crippen LogP contribution in [-0.2, 0) is 10.0 Å².